The van der Waals surface area contributed by atoms with Crippen LogP contribution in [0.15, 0.2) is 35.4 Å². The minimum absolute atomic E-state index is 0.129. The quantitative estimate of drug-likeness (QED) is 0.816. The molecule has 1 heterocycles. The molecule has 0 atom stereocenters. The molecule has 5 heteroatoms. The molecule has 0 spiro atoms. The second-order valence-electron chi connectivity index (χ2n) is 3.65. The number of nitrogens with zero attached hydrogens (tertiary/aromatic N) is 1. The maximum Gasteiger partial charge on any atom is 0.353 e. The van der Waals surface area contributed by atoms with Crippen LogP contribution < -0.4 is 0 Å². The van der Waals surface area contributed by atoms with Crippen molar-refractivity contribution in [3.8, 4) is 0 Å². The van der Waals surface area contributed by atoms with Gasteiger partial charge in [-0.15, -0.1) is 11.8 Å². The van der Waals surface area contributed by atoms with Crippen LogP contribution in [0.5, 0.6) is 0 Å². The lowest BCUT2D eigenvalue weighted by Crippen LogP contribution is -1.96. The molecule has 0 amide bonds. The van der Waals surface area contributed by atoms with E-state index in [0.29, 0.717) is 11.6 Å². The molecule has 0 radical (unpaired) electrons. The lowest BCUT2D eigenvalue weighted by atomic mass is 10.2. The van der Waals surface area contributed by atoms with Gasteiger partial charge in [-0.1, -0.05) is 17.7 Å². The topological polar surface area (TPSA) is 66.0 Å². The van der Waals surface area contributed by atoms with Crippen LogP contribution in [0.1, 0.15) is 21.9 Å². The molecule has 0 bridgehead atoms. The number of benzene rings is 1. The summed E-state index contributed by atoms with van der Waals surface area (Å²) in [5.74, 6) is 0.328. The number of carboxylic acid groups (broad SMARTS) is 1. The third kappa shape index (κ3) is 3.10. The van der Waals surface area contributed by atoms with Crippen LogP contribution in [-0.4, -0.2) is 21.0 Å². The fourth-order valence-electron chi connectivity index (χ4n) is 1.40. The molecule has 0 aliphatic heterocycles. The van der Waals surface area contributed by atoms with Gasteiger partial charge in [0.25, 0.3) is 0 Å². The van der Waals surface area contributed by atoms with Gasteiger partial charge in [0.05, 0.1) is 11.9 Å². The molecule has 17 heavy (non-hydrogen) atoms. The summed E-state index contributed by atoms with van der Waals surface area (Å²) in [6.45, 7) is 2.04. The fraction of sp³-hybridized carbons (Fsp3) is 0.167. The summed E-state index contributed by atoms with van der Waals surface area (Å²) < 4.78 is 0. The minimum atomic E-state index is -0.982. The van der Waals surface area contributed by atoms with Gasteiger partial charge in [-0.2, -0.15) is 0 Å². The first-order valence-corrected chi connectivity index (χ1v) is 6.10. The van der Waals surface area contributed by atoms with Crippen LogP contribution in [0.25, 0.3) is 0 Å². The molecule has 0 saturated heterocycles. The van der Waals surface area contributed by atoms with E-state index in [1.54, 1.807) is 11.8 Å². The summed E-state index contributed by atoms with van der Waals surface area (Å²) in [6, 6.07) is 8.16. The summed E-state index contributed by atoms with van der Waals surface area (Å²) in [7, 11) is 0. The predicted octanol–water partition coefficient (Wildman–Crippen LogP) is 2.71. The van der Waals surface area contributed by atoms with Gasteiger partial charge in [0.15, 0.2) is 0 Å². The van der Waals surface area contributed by atoms with Gasteiger partial charge in [0, 0.05) is 4.90 Å². The predicted molar refractivity (Wildman–Crippen MR) is 66.3 cm³/mol. The van der Waals surface area contributed by atoms with Gasteiger partial charge in [-0.3, -0.25) is 0 Å². The van der Waals surface area contributed by atoms with E-state index in [2.05, 4.69) is 16.0 Å². The third-order valence-electron chi connectivity index (χ3n) is 2.22. The highest BCUT2D eigenvalue weighted by Crippen LogP contribution is 2.22. The Balaban J connectivity index is 2.00. The molecule has 0 aliphatic rings. The van der Waals surface area contributed by atoms with Gasteiger partial charge >= 0.3 is 5.97 Å². The molecule has 88 valence electrons. The van der Waals surface area contributed by atoms with Crippen molar-refractivity contribution in [3.63, 3.8) is 0 Å². The molecule has 2 rings (SSSR count). The van der Waals surface area contributed by atoms with Crippen molar-refractivity contribution in [2.24, 2.45) is 0 Å². The number of thioether (sulfide) groups is 1. The molecule has 0 unspecified atom stereocenters. The van der Waals surface area contributed by atoms with Crippen molar-refractivity contribution in [1.82, 2.24) is 9.97 Å². The summed E-state index contributed by atoms with van der Waals surface area (Å²) in [6.07, 6.45) is 1.34. The second kappa shape index (κ2) is 5.05. The van der Waals surface area contributed by atoms with E-state index in [1.807, 2.05) is 25.1 Å². The monoisotopic (exact) mass is 248 g/mol. The van der Waals surface area contributed by atoms with Crippen molar-refractivity contribution in [1.29, 1.82) is 0 Å². The van der Waals surface area contributed by atoms with E-state index >= 15 is 0 Å². The molecule has 0 fully saturated rings. The van der Waals surface area contributed by atoms with Gasteiger partial charge in [0.1, 0.15) is 11.5 Å². The lowest BCUT2D eigenvalue weighted by molar-refractivity contribution is 0.0691. The molecule has 0 saturated carbocycles. The molecule has 0 aliphatic carbocycles. The normalized spacial score (nSPS) is 10.4. The minimum Gasteiger partial charge on any atom is -0.477 e. The first kappa shape index (κ1) is 11.7. The average Bonchev–Trinajstić information content (AvgIpc) is 2.75. The zero-order valence-electron chi connectivity index (χ0n) is 9.30. The Hall–Kier alpha value is -1.75. The number of aromatic carboxylic acids is 1. The molecular weight excluding hydrogens is 236 g/mol. The smallest absolute Gasteiger partial charge is 0.353 e. The number of hydrogen-bond acceptors (Lipinski definition) is 3. The van der Waals surface area contributed by atoms with Gasteiger partial charge < -0.3 is 10.1 Å². The number of rotatable bonds is 4. The Kier molecular flexibility index (Phi) is 3.49. The molecule has 2 aromatic rings. The lowest BCUT2D eigenvalue weighted by Gasteiger charge is -2.00. The van der Waals surface area contributed by atoms with Crippen molar-refractivity contribution in [2.75, 3.05) is 0 Å². The SMILES string of the molecule is Cc1cccc(SCc2ncc(C(=O)O)[nH]2)c1. The summed E-state index contributed by atoms with van der Waals surface area (Å²) >= 11 is 1.63. The molecular formula is C12H12N2O2S. The maximum atomic E-state index is 10.7. The Morgan fingerprint density at radius 3 is 3.00 bits per heavy atom. The second-order valence-corrected chi connectivity index (χ2v) is 4.70. The van der Waals surface area contributed by atoms with Gasteiger partial charge in [-0.05, 0) is 19.1 Å². The van der Waals surface area contributed by atoms with Gasteiger partial charge in [-0.25, -0.2) is 9.78 Å². The maximum absolute atomic E-state index is 10.7. The van der Waals surface area contributed by atoms with E-state index in [0.717, 1.165) is 4.90 Å². The van der Waals surface area contributed by atoms with E-state index < -0.39 is 5.97 Å². The average molecular weight is 248 g/mol. The first-order chi connectivity index (χ1) is 8.15. The van der Waals surface area contributed by atoms with Crippen LogP contribution in [0, 0.1) is 6.92 Å². The number of aromatic nitrogens is 2. The highest BCUT2D eigenvalue weighted by molar-refractivity contribution is 7.98. The van der Waals surface area contributed by atoms with Crippen LogP contribution >= 0.6 is 11.8 Å². The highest BCUT2D eigenvalue weighted by atomic mass is 32.2. The van der Waals surface area contributed by atoms with Crippen molar-refractivity contribution in [3.05, 3.63) is 47.5 Å². The number of imidazole rings is 1. The summed E-state index contributed by atoms with van der Waals surface area (Å²) in [4.78, 5) is 18.6. The van der Waals surface area contributed by atoms with Crippen LogP contribution in [0.3, 0.4) is 0 Å². The molecule has 1 aromatic carbocycles. The molecule has 1 aromatic heterocycles. The number of aryl methyl sites for hydroxylation is 1. The first-order valence-electron chi connectivity index (χ1n) is 5.12. The fourth-order valence-corrected chi connectivity index (χ4v) is 2.30. The number of nitrogens with one attached hydrogen (secondary N) is 1. The van der Waals surface area contributed by atoms with E-state index in [9.17, 15) is 4.79 Å². The summed E-state index contributed by atoms with van der Waals surface area (Å²) in [5, 5.41) is 8.74. The number of aromatic amines is 1. The zero-order valence-corrected chi connectivity index (χ0v) is 10.1. The van der Waals surface area contributed by atoms with Crippen LogP contribution in [0.2, 0.25) is 0 Å². The van der Waals surface area contributed by atoms with E-state index in [-0.39, 0.29) is 5.69 Å². The Morgan fingerprint density at radius 1 is 1.53 bits per heavy atom. The zero-order chi connectivity index (χ0) is 12.3. The van der Waals surface area contributed by atoms with Crippen molar-refractivity contribution < 1.29 is 9.90 Å². The number of H-pyrrole nitrogens is 1. The highest BCUT2D eigenvalue weighted by Gasteiger charge is 2.07. The Bertz CT molecular complexity index is 537. The van der Waals surface area contributed by atoms with Crippen molar-refractivity contribution in [2.45, 2.75) is 17.6 Å². The largest absolute Gasteiger partial charge is 0.477 e. The van der Waals surface area contributed by atoms with Gasteiger partial charge in [0.2, 0.25) is 0 Å². The van der Waals surface area contributed by atoms with Crippen LogP contribution in [-0.2, 0) is 5.75 Å². The standard InChI is InChI=1S/C12H12N2O2S/c1-8-3-2-4-9(5-8)17-7-11-13-6-10(14-11)12(15)16/h2-6H,7H2,1H3,(H,13,14)(H,15,16). The molecule has 4 nitrogen and oxygen atoms in total. The number of carbonyl (C=O) groups is 1. The third-order valence-corrected chi connectivity index (χ3v) is 3.23. The Morgan fingerprint density at radius 2 is 2.35 bits per heavy atom. The van der Waals surface area contributed by atoms with Crippen molar-refractivity contribution >= 4 is 17.7 Å². The van der Waals surface area contributed by atoms with Crippen LogP contribution in [0.4, 0.5) is 0 Å². The number of hydrogen-bond donors (Lipinski definition) is 2. The molecule has 2 N–H and O–H groups in total. The summed E-state index contributed by atoms with van der Waals surface area (Å²) in [5.41, 5.74) is 1.34. The van der Waals surface area contributed by atoms with E-state index in [4.69, 9.17) is 5.11 Å². The number of carboxylic acids is 1. The Labute approximate surface area is 103 Å². The van der Waals surface area contributed by atoms with E-state index in [1.165, 1.54) is 11.8 Å².